The van der Waals surface area contributed by atoms with Gasteiger partial charge in [0.25, 0.3) is 10.6 Å². The Morgan fingerprint density at radius 3 is 2.63 bits per heavy atom. The molecule has 1 saturated heterocycles. The highest BCUT2D eigenvalue weighted by atomic mass is 32.2. The van der Waals surface area contributed by atoms with Gasteiger partial charge < -0.3 is 19.9 Å². The molecule has 1 aliphatic rings. The summed E-state index contributed by atoms with van der Waals surface area (Å²) in [6, 6.07) is 3.35. The summed E-state index contributed by atoms with van der Waals surface area (Å²) >= 11 is 0. The van der Waals surface area contributed by atoms with Crippen molar-refractivity contribution < 1.29 is 27.9 Å². The molecule has 1 aromatic carbocycles. The Bertz CT molecular complexity index is 1300. The highest BCUT2D eigenvalue weighted by Gasteiger charge is 2.40. The van der Waals surface area contributed by atoms with E-state index < -0.39 is 38.1 Å². The lowest BCUT2D eigenvalue weighted by Gasteiger charge is -2.33. The lowest BCUT2D eigenvalue weighted by molar-refractivity contribution is -0.758. The number of methoxy groups -OCH3 is 1. The maximum atomic E-state index is 13.6. The Kier molecular flexibility index (Phi) is 7.53. The first kappa shape index (κ1) is 26.6. The molecule has 0 bridgehead atoms. The average molecular weight is 511 g/mol. The van der Waals surface area contributed by atoms with Gasteiger partial charge in [-0.1, -0.05) is 6.07 Å². The van der Waals surface area contributed by atoms with Crippen molar-refractivity contribution in [1.82, 2.24) is 8.87 Å². The van der Waals surface area contributed by atoms with E-state index in [-0.39, 0.29) is 41.3 Å². The number of pyridine rings is 1. The summed E-state index contributed by atoms with van der Waals surface area (Å²) in [5.74, 6) is -0.616. The monoisotopic (exact) mass is 510 g/mol. The minimum atomic E-state index is -3.90. The molecule has 2 N–H and O–H groups in total. The number of esters is 1. The van der Waals surface area contributed by atoms with Crippen molar-refractivity contribution in [2.24, 2.45) is 11.1 Å². The van der Waals surface area contributed by atoms with E-state index in [0.29, 0.717) is 18.5 Å². The number of sulfonamides is 1. The summed E-state index contributed by atoms with van der Waals surface area (Å²) in [7, 11) is -2.69. The molecule has 2 heterocycles. The first-order valence-corrected chi connectivity index (χ1v) is 12.5. The van der Waals surface area contributed by atoms with Gasteiger partial charge in [0.05, 0.1) is 30.1 Å². The SMILES string of the molecule is COC(=O)C(C)(C)[C@H](CCO[N+](=O)[O-])n1cc(C)c2c(S(=O)(=O)N3CCC(N)C3)cccc2c1=O. The van der Waals surface area contributed by atoms with Crippen LogP contribution in [0.15, 0.2) is 34.1 Å². The van der Waals surface area contributed by atoms with E-state index in [9.17, 15) is 28.1 Å². The standard InChI is InChI=1S/C22H30N4O8S/c1-14-12-25(18(9-11-34-26(29)30)22(2,3)21(28)33-4)20(27)16-6-5-7-17(19(14)16)35(31,32)24-10-8-15(23)13-24/h5-7,12,15,18H,8-11,13,23H2,1-4H3/t15?,18-/m0/s1. The minimum Gasteiger partial charge on any atom is -0.469 e. The molecule has 0 saturated carbocycles. The summed E-state index contributed by atoms with van der Waals surface area (Å²) in [4.78, 5) is 41.3. The number of carbonyl (C=O) groups is 1. The van der Waals surface area contributed by atoms with Crippen molar-refractivity contribution in [3.63, 3.8) is 0 Å². The van der Waals surface area contributed by atoms with E-state index in [4.69, 9.17) is 10.5 Å². The Labute approximate surface area is 202 Å². The molecule has 1 unspecified atom stereocenters. The fraction of sp³-hybridized carbons (Fsp3) is 0.545. The number of fused-ring (bicyclic) bond motifs is 1. The predicted octanol–water partition coefficient (Wildman–Crippen LogP) is 1.37. The molecular weight excluding hydrogens is 480 g/mol. The Hall–Kier alpha value is -3.03. The molecular formula is C22H30N4O8S. The van der Waals surface area contributed by atoms with Gasteiger partial charge in [-0.25, -0.2) is 8.42 Å². The third-order valence-corrected chi connectivity index (χ3v) is 8.40. The molecule has 0 amide bonds. The number of nitrogens with two attached hydrogens (primary N) is 1. The van der Waals surface area contributed by atoms with Gasteiger partial charge in [-0.15, -0.1) is 10.1 Å². The van der Waals surface area contributed by atoms with E-state index >= 15 is 0 Å². The van der Waals surface area contributed by atoms with Crippen molar-refractivity contribution in [3.8, 4) is 0 Å². The van der Waals surface area contributed by atoms with Crippen LogP contribution < -0.4 is 11.3 Å². The largest absolute Gasteiger partial charge is 0.469 e. The topological polar surface area (TPSA) is 164 Å². The zero-order valence-electron chi connectivity index (χ0n) is 20.1. The summed E-state index contributed by atoms with van der Waals surface area (Å²) in [6.45, 7) is 4.94. The van der Waals surface area contributed by atoms with E-state index in [1.807, 2.05) is 0 Å². The van der Waals surface area contributed by atoms with Crippen LogP contribution >= 0.6 is 0 Å². The summed E-state index contributed by atoms with van der Waals surface area (Å²) in [6.07, 6.45) is 1.98. The summed E-state index contributed by atoms with van der Waals surface area (Å²) in [5.41, 5.74) is 4.60. The highest BCUT2D eigenvalue weighted by molar-refractivity contribution is 7.89. The fourth-order valence-electron chi connectivity index (χ4n) is 4.63. The van der Waals surface area contributed by atoms with E-state index in [0.717, 1.165) is 0 Å². The Morgan fingerprint density at radius 2 is 2.06 bits per heavy atom. The van der Waals surface area contributed by atoms with Crippen LogP contribution in [0.4, 0.5) is 0 Å². The average Bonchev–Trinajstić information content (AvgIpc) is 3.25. The minimum absolute atomic E-state index is 0.00585. The number of ether oxygens (including phenoxy) is 1. The van der Waals surface area contributed by atoms with Crippen LogP contribution in [0.3, 0.4) is 0 Å². The number of hydrogen-bond donors (Lipinski definition) is 1. The van der Waals surface area contributed by atoms with Crippen molar-refractivity contribution in [1.29, 1.82) is 0 Å². The lowest BCUT2D eigenvalue weighted by atomic mass is 9.82. The van der Waals surface area contributed by atoms with Crippen molar-refractivity contribution in [2.75, 3.05) is 26.8 Å². The molecule has 1 fully saturated rings. The van der Waals surface area contributed by atoms with Crippen LogP contribution in [0, 0.1) is 22.5 Å². The van der Waals surface area contributed by atoms with Gasteiger partial charge in [-0.05, 0) is 51.3 Å². The van der Waals surface area contributed by atoms with Crippen LogP contribution in [-0.4, -0.2) is 61.2 Å². The van der Waals surface area contributed by atoms with Gasteiger partial charge in [-0.2, -0.15) is 4.31 Å². The van der Waals surface area contributed by atoms with Gasteiger partial charge in [0.1, 0.15) is 0 Å². The number of aromatic nitrogens is 1. The molecule has 13 heteroatoms. The summed E-state index contributed by atoms with van der Waals surface area (Å²) < 4.78 is 34.3. The first-order chi connectivity index (χ1) is 16.3. The second kappa shape index (κ2) is 9.91. The summed E-state index contributed by atoms with van der Waals surface area (Å²) in [5, 5.41) is 10.2. The second-order valence-corrected chi connectivity index (χ2v) is 11.1. The molecule has 1 aromatic heterocycles. The third-order valence-electron chi connectivity index (χ3n) is 6.49. The van der Waals surface area contributed by atoms with Crippen molar-refractivity contribution >= 4 is 26.8 Å². The molecule has 0 aliphatic carbocycles. The zero-order chi connectivity index (χ0) is 26.1. The Balaban J connectivity index is 2.19. The predicted molar refractivity (Wildman–Crippen MR) is 127 cm³/mol. The molecule has 1 aliphatic heterocycles. The van der Waals surface area contributed by atoms with Crippen LogP contribution in [0.1, 0.15) is 38.3 Å². The molecule has 3 rings (SSSR count). The molecule has 35 heavy (non-hydrogen) atoms. The quantitative estimate of drug-likeness (QED) is 0.298. The van der Waals surface area contributed by atoms with E-state index in [1.165, 1.54) is 40.4 Å². The molecule has 2 aromatic rings. The lowest BCUT2D eigenvalue weighted by Crippen LogP contribution is -2.41. The molecule has 2 atom stereocenters. The maximum Gasteiger partial charge on any atom is 0.313 e. The molecule has 12 nitrogen and oxygen atoms in total. The van der Waals surface area contributed by atoms with Gasteiger partial charge in [0.2, 0.25) is 10.0 Å². The van der Waals surface area contributed by atoms with Crippen molar-refractivity contribution in [2.45, 2.75) is 50.6 Å². The smallest absolute Gasteiger partial charge is 0.313 e. The van der Waals surface area contributed by atoms with Gasteiger partial charge in [0.15, 0.2) is 0 Å². The number of rotatable bonds is 9. The first-order valence-electron chi connectivity index (χ1n) is 11.1. The zero-order valence-corrected chi connectivity index (χ0v) is 20.9. The van der Waals surface area contributed by atoms with Crippen LogP contribution in [0.25, 0.3) is 10.8 Å². The third kappa shape index (κ3) is 5.02. The molecule has 192 valence electrons. The molecule has 0 radical (unpaired) electrons. The number of aryl methyl sites for hydroxylation is 1. The van der Waals surface area contributed by atoms with Crippen LogP contribution in [0.2, 0.25) is 0 Å². The van der Waals surface area contributed by atoms with Crippen LogP contribution in [-0.2, 0) is 24.4 Å². The molecule has 0 spiro atoms. The number of nitrogens with zero attached hydrogens (tertiary/aromatic N) is 3. The maximum absolute atomic E-state index is 13.6. The fourth-order valence-corrected chi connectivity index (χ4v) is 6.42. The number of carbonyl (C=O) groups excluding carboxylic acids is 1. The van der Waals surface area contributed by atoms with Gasteiger partial charge in [-0.3, -0.25) is 9.59 Å². The van der Waals surface area contributed by atoms with E-state index in [2.05, 4.69) is 4.84 Å². The van der Waals surface area contributed by atoms with E-state index in [1.54, 1.807) is 20.8 Å². The second-order valence-electron chi connectivity index (χ2n) is 9.19. The number of hydrogen-bond acceptors (Lipinski definition) is 9. The van der Waals surface area contributed by atoms with Gasteiger partial charge in [0, 0.05) is 36.1 Å². The Morgan fingerprint density at radius 1 is 1.37 bits per heavy atom. The highest BCUT2D eigenvalue weighted by Crippen LogP contribution is 2.36. The van der Waals surface area contributed by atoms with Crippen LogP contribution in [0.5, 0.6) is 0 Å². The van der Waals surface area contributed by atoms with Crippen molar-refractivity contribution in [3.05, 3.63) is 50.4 Å². The normalized spacial score (nSPS) is 17.9. The van der Waals surface area contributed by atoms with Gasteiger partial charge >= 0.3 is 5.97 Å². The number of benzene rings is 1.